The molecule has 0 spiro atoms. The van der Waals surface area contributed by atoms with Gasteiger partial charge in [-0.2, -0.15) is 5.10 Å². The van der Waals surface area contributed by atoms with E-state index in [2.05, 4.69) is 46.3 Å². The highest BCUT2D eigenvalue weighted by Gasteiger charge is 2.14. The summed E-state index contributed by atoms with van der Waals surface area (Å²) in [4.78, 5) is 17.0. The van der Waals surface area contributed by atoms with Gasteiger partial charge in [0.15, 0.2) is 5.69 Å². The largest absolute Gasteiger partial charge is 0.369 e. The topological polar surface area (TPSA) is 53.4 Å². The van der Waals surface area contributed by atoms with Crippen LogP contribution in [0, 0.1) is 0 Å². The van der Waals surface area contributed by atoms with Gasteiger partial charge in [0.05, 0.1) is 0 Å². The molecule has 0 bridgehead atoms. The lowest BCUT2D eigenvalue weighted by atomic mass is 10.2. The number of anilines is 2. The molecule has 6 nitrogen and oxygen atoms in total. The van der Waals surface area contributed by atoms with Gasteiger partial charge in [-0.05, 0) is 43.8 Å². The molecule has 2 aromatic rings. The quantitative estimate of drug-likeness (QED) is 0.915. The van der Waals surface area contributed by atoms with Gasteiger partial charge in [0.2, 0.25) is 0 Å². The third-order valence-corrected chi connectivity index (χ3v) is 4.32. The Hall–Kier alpha value is -2.34. The van der Waals surface area contributed by atoms with Gasteiger partial charge >= 0.3 is 0 Å². The van der Waals surface area contributed by atoms with E-state index in [1.807, 2.05) is 18.3 Å². The Morgan fingerprint density at radius 3 is 2.50 bits per heavy atom. The highest BCUT2D eigenvalue weighted by molar-refractivity contribution is 6.02. The van der Waals surface area contributed by atoms with Crippen molar-refractivity contribution >= 4 is 17.3 Å². The Morgan fingerprint density at radius 1 is 1.12 bits per heavy atom. The first-order valence-electron chi connectivity index (χ1n) is 8.54. The van der Waals surface area contributed by atoms with E-state index in [-0.39, 0.29) is 5.91 Å². The second kappa shape index (κ2) is 7.49. The maximum atomic E-state index is 12.3. The molecule has 1 amide bonds. The monoisotopic (exact) mass is 327 g/mol. The van der Waals surface area contributed by atoms with Gasteiger partial charge in [-0.15, -0.1) is 0 Å². The Bertz CT molecular complexity index is 671. The van der Waals surface area contributed by atoms with Crippen LogP contribution in [0.4, 0.5) is 11.4 Å². The third-order valence-electron chi connectivity index (χ3n) is 4.32. The molecule has 24 heavy (non-hydrogen) atoms. The van der Waals surface area contributed by atoms with Crippen LogP contribution in [0.15, 0.2) is 36.5 Å². The summed E-state index contributed by atoms with van der Waals surface area (Å²) >= 11 is 0. The molecule has 6 heteroatoms. The second-order valence-corrected chi connectivity index (χ2v) is 6.26. The number of hydrogen-bond donors (Lipinski definition) is 1. The van der Waals surface area contributed by atoms with Gasteiger partial charge in [0.25, 0.3) is 5.91 Å². The average molecular weight is 327 g/mol. The molecule has 2 heterocycles. The molecule has 0 unspecified atom stereocenters. The molecule has 0 atom stereocenters. The molecule has 1 fully saturated rings. The van der Waals surface area contributed by atoms with Gasteiger partial charge in [0.1, 0.15) is 0 Å². The Kier molecular flexibility index (Phi) is 5.15. The maximum absolute atomic E-state index is 12.3. The normalized spacial score (nSPS) is 15.5. The van der Waals surface area contributed by atoms with Crippen molar-refractivity contribution in [1.82, 2.24) is 14.7 Å². The number of benzene rings is 1. The van der Waals surface area contributed by atoms with Gasteiger partial charge in [-0.3, -0.25) is 9.48 Å². The van der Waals surface area contributed by atoms with Crippen LogP contribution in [0.25, 0.3) is 0 Å². The van der Waals surface area contributed by atoms with Gasteiger partial charge in [-0.1, -0.05) is 6.92 Å². The number of carbonyl (C=O) groups is 1. The molecule has 1 aromatic carbocycles. The van der Waals surface area contributed by atoms with Crippen LogP contribution in [-0.4, -0.2) is 53.8 Å². The number of hydrogen-bond acceptors (Lipinski definition) is 4. The summed E-state index contributed by atoms with van der Waals surface area (Å²) in [6, 6.07) is 9.79. The third kappa shape index (κ3) is 3.94. The fraction of sp³-hybridized carbons (Fsp3) is 0.444. The minimum absolute atomic E-state index is 0.169. The fourth-order valence-electron chi connectivity index (χ4n) is 2.85. The first-order valence-corrected chi connectivity index (χ1v) is 8.54. The molecule has 1 aromatic heterocycles. The van der Waals surface area contributed by atoms with Crippen molar-refractivity contribution in [2.24, 2.45) is 0 Å². The molecule has 1 aliphatic heterocycles. The lowest BCUT2D eigenvalue weighted by Gasteiger charge is -2.34. The molecule has 0 saturated carbocycles. The van der Waals surface area contributed by atoms with E-state index >= 15 is 0 Å². The maximum Gasteiger partial charge on any atom is 0.276 e. The van der Waals surface area contributed by atoms with E-state index in [0.29, 0.717) is 5.69 Å². The summed E-state index contributed by atoms with van der Waals surface area (Å²) in [6.45, 7) is 7.16. The predicted octanol–water partition coefficient (Wildman–Crippen LogP) is 2.30. The number of carbonyl (C=O) groups excluding carboxylic acids is 1. The van der Waals surface area contributed by atoms with E-state index in [1.54, 1.807) is 10.7 Å². The SMILES string of the molecule is CCCn1ccc(C(=O)Nc2ccc(N3CCN(C)CC3)cc2)n1. The number of rotatable bonds is 5. The first kappa shape index (κ1) is 16.5. The smallest absolute Gasteiger partial charge is 0.276 e. The highest BCUT2D eigenvalue weighted by Crippen LogP contribution is 2.19. The van der Waals surface area contributed by atoms with Crippen LogP contribution >= 0.6 is 0 Å². The second-order valence-electron chi connectivity index (χ2n) is 6.26. The molecule has 1 N–H and O–H groups in total. The summed E-state index contributed by atoms with van der Waals surface area (Å²) in [5.41, 5.74) is 2.45. The van der Waals surface area contributed by atoms with Crippen LogP contribution in [0.3, 0.4) is 0 Å². The van der Waals surface area contributed by atoms with Crippen molar-refractivity contribution in [3.05, 3.63) is 42.2 Å². The van der Waals surface area contributed by atoms with Crippen molar-refractivity contribution in [1.29, 1.82) is 0 Å². The molecule has 0 aliphatic carbocycles. The number of aromatic nitrogens is 2. The number of nitrogens with one attached hydrogen (secondary N) is 1. The minimum Gasteiger partial charge on any atom is -0.369 e. The number of aryl methyl sites for hydroxylation is 1. The molecule has 3 rings (SSSR count). The molecule has 0 radical (unpaired) electrons. The zero-order valence-corrected chi connectivity index (χ0v) is 14.4. The number of nitrogens with zero attached hydrogens (tertiary/aromatic N) is 4. The Labute approximate surface area is 143 Å². The van der Waals surface area contributed by atoms with Crippen LogP contribution < -0.4 is 10.2 Å². The fourth-order valence-corrected chi connectivity index (χ4v) is 2.85. The summed E-state index contributed by atoms with van der Waals surface area (Å²) in [6.07, 6.45) is 2.84. The summed E-state index contributed by atoms with van der Waals surface area (Å²) in [5, 5.41) is 7.20. The molecular weight excluding hydrogens is 302 g/mol. The van der Waals surface area contributed by atoms with E-state index in [0.717, 1.165) is 44.8 Å². The lowest BCUT2D eigenvalue weighted by Crippen LogP contribution is -2.44. The summed E-state index contributed by atoms with van der Waals surface area (Å²) in [7, 11) is 2.15. The van der Waals surface area contributed by atoms with E-state index in [1.165, 1.54) is 5.69 Å². The van der Waals surface area contributed by atoms with Crippen molar-refractivity contribution in [3.63, 3.8) is 0 Å². The Morgan fingerprint density at radius 2 is 1.83 bits per heavy atom. The minimum atomic E-state index is -0.169. The first-order chi connectivity index (χ1) is 11.7. The van der Waals surface area contributed by atoms with Crippen molar-refractivity contribution in [2.75, 3.05) is 43.4 Å². The van der Waals surface area contributed by atoms with Crippen LogP contribution in [0.1, 0.15) is 23.8 Å². The van der Waals surface area contributed by atoms with Crippen LogP contribution in [-0.2, 0) is 6.54 Å². The standard InChI is InChI=1S/C18H25N5O/c1-3-9-23-10-8-17(20-23)18(24)19-15-4-6-16(7-5-15)22-13-11-21(2)12-14-22/h4-8,10H,3,9,11-14H2,1-2H3,(H,19,24). The number of likely N-dealkylation sites (N-methyl/N-ethyl adjacent to an activating group) is 1. The molecule has 128 valence electrons. The van der Waals surface area contributed by atoms with Crippen LogP contribution in [0.2, 0.25) is 0 Å². The summed E-state index contributed by atoms with van der Waals surface area (Å²) in [5.74, 6) is -0.169. The zero-order valence-electron chi connectivity index (χ0n) is 14.4. The highest BCUT2D eigenvalue weighted by atomic mass is 16.1. The predicted molar refractivity (Wildman–Crippen MR) is 96.6 cm³/mol. The van der Waals surface area contributed by atoms with E-state index in [9.17, 15) is 4.79 Å². The zero-order chi connectivity index (χ0) is 16.9. The van der Waals surface area contributed by atoms with Gasteiger partial charge in [-0.25, -0.2) is 0 Å². The van der Waals surface area contributed by atoms with E-state index < -0.39 is 0 Å². The van der Waals surface area contributed by atoms with E-state index in [4.69, 9.17) is 0 Å². The number of amides is 1. The molecular formula is C18H25N5O. The average Bonchev–Trinajstić information content (AvgIpc) is 3.06. The molecule has 1 aliphatic rings. The van der Waals surface area contributed by atoms with Crippen molar-refractivity contribution in [2.45, 2.75) is 19.9 Å². The van der Waals surface area contributed by atoms with Crippen molar-refractivity contribution in [3.8, 4) is 0 Å². The molecule has 1 saturated heterocycles. The van der Waals surface area contributed by atoms with Gasteiger partial charge < -0.3 is 15.1 Å². The van der Waals surface area contributed by atoms with Crippen molar-refractivity contribution < 1.29 is 4.79 Å². The lowest BCUT2D eigenvalue weighted by molar-refractivity contribution is 0.102. The number of piperazine rings is 1. The van der Waals surface area contributed by atoms with Gasteiger partial charge in [0, 0.05) is 50.3 Å². The summed E-state index contributed by atoms with van der Waals surface area (Å²) < 4.78 is 1.80. The Balaban J connectivity index is 1.60. The van der Waals surface area contributed by atoms with Crippen LogP contribution in [0.5, 0.6) is 0 Å².